The molecule has 6 heteroatoms. The molecule has 0 amide bonds. The molecule has 1 atom stereocenters. The number of likely N-dealkylation sites (tertiary alicyclic amines) is 1. The van der Waals surface area contributed by atoms with E-state index in [-0.39, 0.29) is 0 Å². The van der Waals surface area contributed by atoms with Crippen LogP contribution in [0.25, 0.3) is 0 Å². The number of aromatic nitrogens is 3. The summed E-state index contributed by atoms with van der Waals surface area (Å²) in [6.07, 6.45) is 6.14. The maximum Gasteiger partial charge on any atom is 0.137 e. The van der Waals surface area contributed by atoms with Crippen molar-refractivity contribution in [1.29, 1.82) is 0 Å². The number of rotatable bonds is 4. The second-order valence-electron chi connectivity index (χ2n) is 8.56. The van der Waals surface area contributed by atoms with Crippen molar-refractivity contribution in [2.75, 3.05) is 44.2 Å². The molecule has 1 aromatic heterocycles. The van der Waals surface area contributed by atoms with Gasteiger partial charge in [-0.3, -0.25) is 4.90 Å². The summed E-state index contributed by atoms with van der Waals surface area (Å²) in [7, 11) is 0. The number of piperidine rings is 1. The quantitative estimate of drug-likeness (QED) is 0.883. The molecule has 1 N–H and O–H groups in total. The minimum atomic E-state index is 0.511. The van der Waals surface area contributed by atoms with E-state index in [4.69, 9.17) is 0 Å². The van der Waals surface area contributed by atoms with Crippen molar-refractivity contribution in [2.24, 2.45) is 0 Å². The Hall–Kier alpha value is -1.92. The number of hydrogen-bond acceptors (Lipinski definition) is 5. The maximum absolute atomic E-state index is 4.61. The zero-order chi connectivity index (χ0) is 18.8. The normalized spacial score (nSPS) is 23.6. The standard InChI is InChI=1S/C22H32N6/c1-2-14-27(13-1)20-7-5-18(6-8-20)16-26-12-3-4-19(17-26)22-25-24-21-9-10-23-11-15-28(21)22/h5-8,19,23H,1-4,9-17H2/t19-/m0/s1. The fourth-order valence-corrected chi connectivity index (χ4v) is 5.05. The molecule has 3 aliphatic heterocycles. The van der Waals surface area contributed by atoms with E-state index < -0.39 is 0 Å². The molecule has 28 heavy (non-hydrogen) atoms. The van der Waals surface area contributed by atoms with Crippen LogP contribution in [0.1, 0.15) is 48.8 Å². The first kappa shape index (κ1) is 18.1. The number of nitrogens with one attached hydrogen (secondary N) is 1. The molecule has 0 radical (unpaired) electrons. The third kappa shape index (κ3) is 3.80. The summed E-state index contributed by atoms with van der Waals surface area (Å²) in [5.41, 5.74) is 2.81. The van der Waals surface area contributed by atoms with Crippen LogP contribution in [0.5, 0.6) is 0 Å². The van der Waals surface area contributed by atoms with Crippen LogP contribution in [-0.2, 0) is 19.5 Å². The van der Waals surface area contributed by atoms with E-state index >= 15 is 0 Å². The van der Waals surface area contributed by atoms with Crippen molar-refractivity contribution >= 4 is 5.69 Å². The Morgan fingerprint density at radius 2 is 1.79 bits per heavy atom. The lowest BCUT2D eigenvalue weighted by Gasteiger charge is -2.32. The molecule has 0 unspecified atom stereocenters. The fourth-order valence-electron chi connectivity index (χ4n) is 5.05. The minimum absolute atomic E-state index is 0.511. The Labute approximate surface area is 167 Å². The van der Waals surface area contributed by atoms with Gasteiger partial charge < -0.3 is 14.8 Å². The van der Waals surface area contributed by atoms with Crippen LogP contribution < -0.4 is 10.2 Å². The molecule has 0 spiro atoms. The zero-order valence-electron chi connectivity index (χ0n) is 16.8. The van der Waals surface area contributed by atoms with Gasteiger partial charge in [0, 0.05) is 63.8 Å². The summed E-state index contributed by atoms with van der Waals surface area (Å²) >= 11 is 0. The number of fused-ring (bicyclic) bond motifs is 1. The minimum Gasteiger partial charge on any atom is -0.372 e. The average Bonchev–Trinajstić information content (AvgIpc) is 3.35. The summed E-state index contributed by atoms with van der Waals surface area (Å²) in [5.74, 6) is 2.89. The summed E-state index contributed by atoms with van der Waals surface area (Å²) in [6, 6.07) is 9.28. The molecular weight excluding hydrogens is 348 g/mol. The van der Waals surface area contributed by atoms with Crippen LogP contribution in [0.3, 0.4) is 0 Å². The smallest absolute Gasteiger partial charge is 0.137 e. The van der Waals surface area contributed by atoms with Crippen molar-refractivity contribution in [2.45, 2.75) is 51.1 Å². The first-order valence-corrected chi connectivity index (χ1v) is 11.1. The largest absolute Gasteiger partial charge is 0.372 e. The van der Waals surface area contributed by atoms with E-state index in [0.29, 0.717) is 5.92 Å². The van der Waals surface area contributed by atoms with Gasteiger partial charge in [0.05, 0.1) is 0 Å². The Kier molecular flexibility index (Phi) is 5.32. The lowest BCUT2D eigenvalue weighted by atomic mass is 9.96. The molecule has 0 bridgehead atoms. The zero-order valence-corrected chi connectivity index (χ0v) is 16.8. The average molecular weight is 381 g/mol. The van der Waals surface area contributed by atoms with E-state index in [1.54, 1.807) is 0 Å². The molecule has 0 aliphatic carbocycles. The van der Waals surface area contributed by atoms with Crippen molar-refractivity contribution < 1.29 is 0 Å². The third-order valence-electron chi connectivity index (χ3n) is 6.58. The van der Waals surface area contributed by atoms with Crippen LogP contribution in [0.4, 0.5) is 5.69 Å². The molecule has 3 aliphatic rings. The van der Waals surface area contributed by atoms with Gasteiger partial charge in [0.1, 0.15) is 11.6 Å². The first-order chi connectivity index (χ1) is 13.9. The predicted molar refractivity (Wildman–Crippen MR) is 112 cm³/mol. The van der Waals surface area contributed by atoms with Crippen molar-refractivity contribution in [3.05, 3.63) is 41.5 Å². The molecule has 6 nitrogen and oxygen atoms in total. The van der Waals surface area contributed by atoms with Crippen molar-refractivity contribution in [3.8, 4) is 0 Å². The number of anilines is 1. The highest BCUT2D eigenvalue weighted by Crippen LogP contribution is 2.28. The molecule has 2 fully saturated rings. The Bertz CT molecular complexity index is 777. The van der Waals surface area contributed by atoms with Gasteiger partial charge in [-0.15, -0.1) is 10.2 Å². The predicted octanol–water partition coefficient (Wildman–Crippen LogP) is 2.40. The molecule has 2 saturated heterocycles. The lowest BCUT2D eigenvalue weighted by molar-refractivity contribution is 0.194. The summed E-state index contributed by atoms with van der Waals surface area (Å²) in [4.78, 5) is 5.11. The Morgan fingerprint density at radius 3 is 2.64 bits per heavy atom. The molecule has 0 saturated carbocycles. The number of nitrogens with zero attached hydrogens (tertiary/aromatic N) is 5. The molecule has 1 aromatic carbocycles. The van der Waals surface area contributed by atoms with Crippen LogP contribution in [0, 0.1) is 0 Å². The van der Waals surface area contributed by atoms with E-state index in [1.165, 1.54) is 62.4 Å². The van der Waals surface area contributed by atoms with E-state index in [1.807, 2.05) is 0 Å². The second kappa shape index (κ2) is 8.21. The van der Waals surface area contributed by atoms with Gasteiger partial charge in [-0.25, -0.2) is 0 Å². The monoisotopic (exact) mass is 380 g/mol. The van der Waals surface area contributed by atoms with Gasteiger partial charge in [0.25, 0.3) is 0 Å². The van der Waals surface area contributed by atoms with Gasteiger partial charge in [0.15, 0.2) is 0 Å². The van der Waals surface area contributed by atoms with E-state index in [9.17, 15) is 0 Å². The molecule has 5 rings (SSSR count). The molecular formula is C22H32N6. The van der Waals surface area contributed by atoms with Crippen molar-refractivity contribution in [3.63, 3.8) is 0 Å². The van der Waals surface area contributed by atoms with Crippen LogP contribution in [-0.4, -0.2) is 58.9 Å². The Morgan fingerprint density at radius 1 is 0.929 bits per heavy atom. The number of hydrogen-bond donors (Lipinski definition) is 1. The van der Waals surface area contributed by atoms with Gasteiger partial charge in [-0.2, -0.15) is 0 Å². The van der Waals surface area contributed by atoms with Gasteiger partial charge in [-0.1, -0.05) is 12.1 Å². The third-order valence-corrected chi connectivity index (χ3v) is 6.58. The van der Waals surface area contributed by atoms with Crippen molar-refractivity contribution in [1.82, 2.24) is 25.0 Å². The summed E-state index contributed by atoms with van der Waals surface area (Å²) in [6.45, 7) is 8.80. The van der Waals surface area contributed by atoms with Crippen LogP contribution >= 0.6 is 0 Å². The topological polar surface area (TPSA) is 49.2 Å². The van der Waals surface area contributed by atoms with Gasteiger partial charge in [0.2, 0.25) is 0 Å². The fraction of sp³-hybridized carbons (Fsp3) is 0.636. The maximum atomic E-state index is 4.61. The van der Waals surface area contributed by atoms with Gasteiger partial charge >= 0.3 is 0 Å². The first-order valence-electron chi connectivity index (χ1n) is 11.1. The molecule has 4 heterocycles. The second-order valence-corrected chi connectivity index (χ2v) is 8.56. The highest BCUT2D eigenvalue weighted by Gasteiger charge is 2.27. The lowest BCUT2D eigenvalue weighted by Crippen LogP contribution is -2.35. The van der Waals surface area contributed by atoms with Crippen LogP contribution in [0.15, 0.2) is 24.3 Å². The molecule has 150 valence electrons. The molecule has 2 aromatic rings. The van der Waals surface area contributed by atoms with Gasteiger partial charge in [-0.05, 0) is 49.9 Å². The van der Waals surface area contributed by atoms with E-state index in [2.05, 4.69) is 54.1 Å². The number of benzene rings is 1. The summed E-state index contributed by atoms with van der Waals surface area (Å²) in [5, 5.41) is 12.6. The summed E-state index contributed by atoms with van der Waals surface area (Å²) < 4.78 is 2.39. The SMILES string of the molecule is c1cc(N2CCCC2)ccc1CN1CCC[C@H](c2nnc3n2CCNCC3)C1. The van der Waals surface area contributed by atoms with E-state index in [0.717, 1.165) is 45.0 Å². The van der Waals surface area contributed by atoms with Crippen LogP contribution in [0.2, 0.25) is 0 Å². The Balaban J connectivity index is 1.24. The highest BCUT2D eigenvalue weighted by molar-refractivity contribution is 5.48. The highest BCUT2D eigenvalue weighted by atomic mass is 15.3.